The monoisotopic (exact) mass is 471 g/mol. The van der Waals surface area contributed by atoms with Crippen molar-refractivity contribution in [2.75, 3.05) is 18.4 Å². The maximum absolute atomic E-state index is 13.0. The van der Waals surface area contributed by atoms with Crippen LogP contribution in [0.2, 0.25) is 5.02 Å². The van der Waals surface area contributed by atoms with Gasteiger partial charge in [0, 0.05) is 28.8 Å². The lowest BCUT2D eigenvalue weighted by atomic mass is 9.85. The van der Waals surface area contributed by atoms with Crippen molar-refractivity contribution in [2.45, 2.75) is 25.5 Å². The number of carbonyl (C=O) groups is 1. The number of ether oxygens (including phenoxy) is 1. The number of carbonyl (C=O) groups excluding carboxylic acids is 1. The Kier molecular flexibility index (Phi) is 6.12. The van der Waals surface area contributed by atoms with Crippen LogP contribution in [0, 0.1) is 6.92 Å². The second-order valence-corrected chi connectivity index (χ2v) is 9.15. The zero-order valence-electron chi connectivity index (χ0n) is 19.0. The number of nitrogens with one attached hydrogen (secondary N) is 1. The molecule has 1 aliphatic heterocycles. The number of aromatic nitrogens is 1. The molecule has 3 aromatic carbocycles. The minimum atomic E-state index is -0.497. The summed E-state index contributed by atoms with van der Waals surface area (Å²) >= 11 is 6.51. The summed E-state index contributed by atoms with van der Waals surface area (Å²) in [6.45, 7) is 3.34. The molecule has 172 valence electrons. The molecule has 0 aliphatic carbocycles. The van der Waals surface area contributed by atoms with E-state index < -0.39 is 5.54 Å². The van der Waals surface area contributed by atoms with Crippen molar-refractivity contribution in [2.24, 2.45) is 0 Å². The van der Waals surface area contributed by atoms with Gasteiger partial charge < -0.3 is 15.0 Å². The van der Waals surface area contributed by atoms with E-state index >= 15 is 0 Å². The Morgan fingerprint density at radius 3 is 2.79 bits per heavy atom. The van der Waals surface area contributed by atoms with Crippen LogP contribution in [0.4, 0.5) is 10.5 Å². The number of anilines is 1. The Labute approximate surface area is 204 Å². The van der Waals surface area contributed by atoms with Crippen molar-refractivity contribution in [3.05, 3.63) is 107 Å². The minimum Gasteiger partial charge on any atom is -0.445 e. The van der Waals surface area contributed by atoms with Crippen molar-refractivity contribution in [1.82, 2.24) is 9.88 Å². The number of pyridine rings is 1. The average molecular weight is 472 g/mol. The Bertz CT molecular complexity index is 1330. The van der Waals surface area contributed by atoms with Crippen LogP contribution >= 0.6 is 11.6 Å². The van der Waals surface area contributed by atoms with Gasteiger partial charge in [-0.15, -0.1) is 0 Å². The van der Waals surface area contributed by atoms with Crippen molar-refractivity contribution < 1.29 is 9.53 Å². The second-order valence-electron chi connectivity index (χ2n) is 8.74. The molecule has 34 heavy (non-hydrogen) atoms. The first-order valence-electron chi connectivity index (χ1n) is 11.4. The van der Waals surface area contributed by atoms with Crippen molar-refractivity contribution in [3.8, 4) is 0 Å². The normalized spacial score (nSPS) is 17.6. The van der Waals surface area contributed by atoms with E-state index in [0.29, 0.717) is 18.1 Å². The molecule has 1 atom stereocenters. The standard InChI is InChI=1S/C28H26ClN3O2/c1-20-24(10-5-11-25(20)29)28(31-23-13-12-22-9-6-15-30-26(22)17-23)14-16-32(19-28)27(33)34-18-21-7-3-2-4-8-21/h2-13,15,17,31H,14,16,18-19H2,1H3. The van der Waals surface area contributed by atoms with Crippen LogP contribution < -0.4 is 5.32 Å². The van der Waals surface area contributed by atoms with Crippen LogP contribution in [0.1, 0.15) is 23.1 Å². The first-order chi connectivity index (χ1) is 16.5. The van der Waals surface area contributed by atoms with Crippen LogP contribution in [-0.4, -0.2) is 29.1 Å². The van der Waals surface area contributed by atoms with Crippen LogP contribution in [0.5, 0.6) is 0 Å². The van der Waals surface area contributed by atoms with Crippen molar-refractivity contribution in [1.29, 1.82) is 0 Å². The van der Waals surface area contributed by atoms with Gasteiger partial charge in [-0.25, -0.2) is 4.79 Å². The van der Waals surface area contributed by atoms with Crippen LogP contribution in [0.3, 0.4) is 0 Å². The largest absolute Gasteiger partial charge is 0.445 e. The number of halogens is 1. The van der Waals surface area contributed by atoms with Gasteiger partial charge in [-0.05, 0) is 54.3 Å². The number of amides is 1. The summed E-state index contributed by atoms with van der Waals surface area (Å²) in [5.41, 5.74) is 4.43. The minimum absolute atomic E-state index is 0.253. The van der Waals surface area contributed by atoms with E-state index in [9.17, 15) is 4.79 Å². The summed E-state index contributed by atoms with van der Waals surface area (Å²) in [7, 11) is 0. The van der Waals surface area contributed by atoms with E-state index in [4.69, 9.17) is 16.3 Å². The molecule has 0 saturated carbocycles. The highest BCUT2D eigenvalue weighted by molar-refractivity contribution is 6.31. The van der Waals surface area contributed by atoms with Gasteiger partial charge in [0.25, 0.3) is 0 Å². The summed E-state index contributed by atoms with van der Waals surface area (Å²) < 4.78 is 5.63. The molecule has 1 aliphatic rings. The molecule has 1 unspecified atom stereocenters. The molecule has 1 saturated heterocycles. The highest BCUT2D eigenvalue weighted by Crippen LogP contribution is 2.39. The molecule has 5 rings (SSSR count). The smallest absolute Gasteiger partial charge is 0.410 e. The quantitative estimate of drug-likeness (QED) is 0.358. The van der Waals surface area contributed by atoms with Gasteiger partial charge in [-0.1, -0.05) is 66.2 Å². The van der Waals surface area contributed by atoms with Crippen LogP contribution in [0.15, 0.2) is 85.1 Å². The molecular formula is C28H26ClN3O2. The molecule has 0 radical (unpaired) electrons. The predicted octanol–water partition coefficient (Wildman–Crippen LogP) is 6.55. The van der Waals surface area contributed by atoms with E-state index in [1.165, 1.54) is 0 Å². The summed E-state index contributed by atoms with van der Waals surface area (Å²) in [5.74, 6) is 0. The third kappa shape index (κ3) is 4.44. The van der Waals surface area contributed by atoms with E-state index in [0.717, 1.165) is 39.7 Å². The van der Waals surface area contributed by atoms with Gasteiger partial charge in [0.2, 0.25) is 0 Å². The number of fused-ring (bicyclic) bond motifs is 1. The summed E-state index contributed by atoms with van der Waals surface area (Å²) in [5, 5.41) is 5.54. The number of rotatable bonds is 5. The number of hydrogen-bond acceptors (Lipinski definition) is 4. The molecule has 1 aromatic heterocycles. The molecule has 1 amide bonds. The van der Waals surface area contributed by atoms with E-state index in [2.05, 4.69) is 28.5 Å². The zero-order valence-corrected chi connectivity index (χ0v) is 19.8. The van der Waals surface area contributed by atoms with Gasteiger partial charge in [0.1, 0.15) is 6.61 Å². The maximum atomic E-state index is 13.0. The number of hydrogen-bond donors (Lipinski definition) is 1. The second kappa shape index (κ2) is 9.35. The fourth-order valence-electron chi connectivity index (χ4n) is 4.71. The number of nitrogens with zero attached hydrogens (tertiary/aromatic N) is 2. The third-order valence-corrected chi connectivity index (χ3v) is 6.91. The van der Waals surface area contributed by atoms with E-state index in [1.54, 1.807) is 11.1 Å². The van der Waals surface area contributed by atoms with Gasteiger partial charge in [-0.3, -0.25) is 4.98 Å². The fourth-order valence-corrected chi connectivity index (χ4v) is 4.89. The molecule has 5 nitrogen and oxygen atoms in total. The lowest BCUT2D eigenvalue weighted by molar-refractivity contribution is 0.103. The molecule has 0 spiro atoms. The average Bonchev–Trinajstić information content (AvgIpc) is 3.29. The predicted molar refractivity (Wildman–Crippen MR) is 136 cm³/mol. The van der Waals surface area contributed by atoms with Gasteiger partial charge in [0.05, 0.1) is 17.6 Å². The Morgan fingerprint density at radius 2 is 1.94 bits per heavy atom. The summed E-state index contributed by atoms with van der Waals surface area (Å²) in [4.78, 5) is 19.2. The maximum Gasteiger partial charge on any atom is 0.410 e. The van der Waals surface area contributed by atoms with E-state index in [-0.39, 0.29) is 12.7 Å². The lowest BCUT2D eigenvalue weighted by Crippen LogP contribution is -2.41. The Morgan fingerprint density at radius 1 is 1.09 bits per heavy atom. The highest BCUT2D eigenvalue weighted by atomic mass is 35.5. The molecule has 0 bridgehead atoms. The first-order valence-corrected chi connectivity index (χ1v) is 11.8. The van der Waals surface area contributed by atoms with Gasteiger partial charge >= 0.3 is 6.09 Å². The molecular weight excluding hydrogens is 446 g/mol. The molecule has 2 heterocycles. The molecule has 4 aromatic rings. The summed E-state index contributed by atoms with van der Waals surface area (Å²) in [6.07, 6.45) is 2.21. The first kappa shape index (κ1) is 22.2. The van der Waals surface area contributed by atoms with Crippen molar-refractivity contribution >= 4 is 34.3 Å². The van der Waals surface area contributed by atoms with Crippen LogP contribution in [0.25, 0.3) is 10.9 Å². The summed E-state index contributed by atoms with van der Waals surface area (Å²) in [6, 6.07) is 25.8. The lowest BCUT2D eigenvalue weighted by Gasteiger charge is -2.34. The SMILES string of the molecule is Cc1c(Cl)cccc1C1(Nc2ccc3cccnc3c2)CCN(C(=O)OCc2ccccc2)C1. The van der Waals surface area contributed by atoms with Crippen LogP contribution in [-0.2, 0) is 16.9 Å². The van der Waals surface area contributed by atoms with Gasteiger partial charge in [0.15, 0.2) is 0 Å². The highest BCUT2D eigenvalue weighted by Gasteiger charge is 2.43. The van der Waals surface area contributed by atoms with Crippen molar-refractivity contribution in [3.63, 3.8) is 0 Å². The van der Waals surface area contributed by atoms with Gasteiger partial charge in [-0.2, -0.15) is 0 Å². The number of likely N-dealkylation sites (tertiary alicyclic amines) is 1. The van der Waals surface area contributed by atoms with E-state index in [1.807, 2.05) is 67.6 Å². The molecule has 6 heteroatoms. The Hall–Kier alpha value is -3.57. The zero-order chi connectivity index (χ0) is 23.5. The molecule has 1 N–H and O–H groups in total. The third-order valence-electron chi connectivity index (χ3n) is 6.51. The topological polar surface area (TPSA) is 54.5 Å². The molecule has 1 fully saturated rings. The number of benzene rings is 3. The Balaban J connectivity index is 1.43. The fraction of sp³-hybridized carbons (Fsp3) is 0.214.